The van der Waals surface area contributed by atoms with Crippen molar-refractivity contribution in [3.05, 3.63) is 35.4 Å². The van der Waals surface area contributed by atoms with Gasteiger partial charge in [0.25, 0.3) is 5.91 Å². The first-order valence-corrected chi connectivity index (χ1v) is 9.07. The third-order valence-electron chi connectivity index (χ3n) is 4.07. The normalized spacial score (nSPS) is 11.6. The molecule has 144 valence electrons. The number of amides is 2. The van der Waals surface area contributed by atoms with Gasteiger partial charge in [0.15, 0.2) is 0 Å². The molecule has 1 aromatic rings. The standard InChI is InChI=1S/C19H29N3O4/c1-2-3-6-14-8-10-15(11-9-14)18(24)22-16(19(25)26)7-4-5-12-21-17(23)13-20/h8-11,16H,2-7,12-13,20H2,1H3,(H,21,23)(H,22,24)(H,25,26)/t16-/m0/s1. The Hall–Kier alpha value is -2.41. The molecule has 0 radical (unpaired) electrons. The Labute approximate surface area is 154 Å². The Kier molecular flexibility index (Phi) is 10.0. The van der Waals surface area contributed by atoms with Crippen LogP contribution < -0.4 is 16.4 Å². The molecule has 7 heteroatoms. The highest BCUT2D eigenvalue weighted by Crippen LogP contribution is 2.09. The van der Waals surface area contributed by atoms with Gasteiger partial charge in [-0.05, 0) is 49.8 Å². The van der Waals surface area contributed by atoms with Gasteiger partial charge in [0.05, 0.1) is 6.54 Å². The lowest BCUT2D eigenvalue weighted by molar-refractivity contribution is -0.139. The predicted molar refractivity (Wildman–Crippen MR) is 99.9 cm³/mol. The summed E-state index contributed by atoms with van der Waals surface area (Å²) in [5.41, 5.74) is 6.80. The van der Waals surface area contributed by atoms with Crippen molar-refractivity contribution in [2.75, 3.05) is 13.1 Å². The number of nitrogens with one attached hydrogen (secondary N) is 2. The van der Waals surface area contributed by atoms with E-state index in [1.54, 1.807) is 12.1 Å². The zero-order valence-electron chi connectivity index (χ0n) is 15.3. The lowest BCUT2D eigenvalue weighted by Crippen LogP contribution is -2.40. The summed E-state index contributed by atoms with van der Waals surface area (Å²) in [5.74, 6) is -1.70. The van der Waals surface area contributed by atoms with Crippen LogP contribution in [0.2, 0.25) is 0 Å². The third-order valence-corrected chi connectivity index (χ3v) is 4.07. The Morgan fingerprint density at radius 3 is 2.38 bits per heavy atom. The summed E-state index contributed by atoms with van der Waals surface area (Å²) < 4.78 is 0. The van der Waals surface area contributed by atoms with Gasteiger partial charge in [0, 0.05) is 12.1 Å². The smallest absolute Gasteiger partial charge is 0.326 e. The number of carboxylic acids is 1. The van der Waals surface area contributed by atoms with E-state index in [0.29, 0.717) is 31.4 Å². The van der Waals surface area contributed by atoms with Gasteiger partial charge in [-0.25, -0.2) is 4.79 Å². The first kappa shape index (κ1) is 21.6. The minimum absolute atomic E-state index is 0.0644. The molecule has 0 aliphatic heterocycles. The first-order chi connectivity index (χ1) is 12.5. The molecule has 1 atom stereocenters. The van der Waals surface area contributed by atoms with Gasteiger partial charge in [-0.15, -0.1) is 0 Å². The Bertz CT molecular complexity index is 587. The van der Waals surface area contributed by atoms with Gasteiger partial charge in [-0.2, -0.15) is 0 Å². The Balaban J connectivity index is 2.46. The number of aryl methyl sites for hydroxylation is 1. The van der Waals surface area contributed by atoms with Crippen molar-refractivity contribution >= 4 is 17.8 Å². The van der Waals surface area contributed by atoms with Crippen LogP contribution in [-0.2, 0) is 16.0 Å². The minimum Gasteiger partial charge on any atom is -0.480 e. The average Bonchev–Trinajstić information content (AvgIpc) is 2.64. The second-order valence-corrected chi connectivity index (χ2v) is 6.21. The fourth-order valence-electron chi connectivity index (χ4n) is 2.48. The second kappa shape index (κ2) is 12.0. The summed E-state index contributed by atoms with van der Waals surface area (Å²) in [6, 6.07) is 6.30. The van der Waals surface area contributed by atoms with Gasteiger partial charge >= 0.3 is 5.97 Å². The minimum atomic E-state index is -1.07. The van der Waals surface area contributed by atoms with Crippen LogP contribution in [0.15, 0.2) is 24.3 Å². The maximum Gasteiger partial charge on any atom is 0.326 e. The van der Waals surface area contributed by atoms with E-state index in [0.717, 1.165) is 24.8 Å². The predicted octanol–water partition coefficient (Wildman–Crippen LogP) is 1.46. The van der Waals surface area contributed by atoms with Crippen molar-refractivity contribution in [1.82, 2.24) is 10.6 Å². The number of benzene rings is 1. The van der Waals surface area contributed by atoms with Crippen molar-refractivity contribution in [3.8, 4) is 0 Å². The number of rotatable bonds is 12. The molecule has 0 aliphatic carbocycles. The molecule has 0 unspecified atom stereocenters. The van der Waals surface area contributed by atoms with Crippen molar-refractivity contribution in [1.29, 1.82) is 0 Å². The van der Waals surface area contributed by atoms with E-state index < -0.39 is 17.9 Å². The Morgan fingerprint density at radius 1 is 1.12 bits per heavy atom. The van der Waals surface area contributed by atoms with E-state index in [9.17, 15) is 19.5 Å². The molecule has 1 rings (SSSR count). The number of carboxylic acid groups (broad SMARTS) is 1. The summed E-state index contributed by atoms with van der Waals surface area (Å²) in [6.07, 6.45) is 4.66. The molecular weight excluding hydrogens is 334 g/mol. The molecule has 0 spiro atoms. The van der Waals surface area contributed by atoms with Crippen LogP contribution in [-0.4, -0.2) is 42.0 Å². The van der Waals surface area contributed by atoms with Crippen LogP contribution in [0.1, 0.15) is 54.9 Å². The molecule has 7 nitrogen and oxygen atoms in total. The molecule has 0 aliphatic rings. The van der Waals surface area contributed by atoms with E-state index in [-0.39, 0.29) is 12.5 Å². The average molecular weight is 363 g/mol. The van der Waals surface area contributed by atoms with Crippen LogP contribution in [0.3, 0.4) is 0 Å². The molecular formula is C19H29N3O4. The van der Waals surface area contributed by atoms with E-state index in [1.807, 2.05) is 12.1 Å². The lowest BCUT2D eigenvalue weighted by atomic mass is 10.1. The first-order valence-electron chi connectivity index (χ1n) is 9.07. The number of nitrogens with two attached hydrogens (primary N) is 1. The topological polar surface area (TPSA) is 122 Å². The summed E-state index contributed by atoms with van der Waals surface area (Å²) in [5, 5.41) is 14.5. The maximum atomic E-state index is 12.3. The second-order valence-electron chi connectivity index (χ2n) is 6.21. The quantitative estimate of drug-likeness (QED) is 0.419. The molecule has 0 saturated heterocycles. The molecule has 2 amide bonds. The Morgan fingerprint density at radius 2 is 1.81 bits per heavy atom. The zero-order chi connectivity index (χ0) is 19.4. The van der Waals surface area contributed by atoms with E-state index >= 15 is 0 Å². The summed E-state index contributed by atoms with van der Waals surface area (Å²) in [6.45, 7) is 2.50. The molecule has 0 bridgehead atoms. The van der Waals surface area contributed by atoms with Crippen molar-refractivity contribution in [3.63, 3.8) is 0 Å². The van der Waals surface area contributed by atoms with Crippen molar-refractivity contribution in [2.45, 2.75) is 51.5 Å². The van der Waals surface area contributed by atoms with Crippen LogP contribution in [0.5, 0.6) is 0 Å². The van der Waals surface area contributed by atoms with Crippen LogP contribution >= 0.6 is 0 Å². The highest BCUT2D eigenvalue weighted by atomic mass is 16.4. The molecule has 26 heavy (non-hydrogen) atoms. The molecule has 0 heterocycles. The number of carbonyl (C=O) groups excluding carboxylic acids is 2. The fraction of sp³-hybridized carbons (Fsp3) is 0.526. The van der Waals surface area contributed by atoms with Crippen molar-refractivity contribution < 1.29 is 19.5 Å². The molecule has 5 N–H and O–H groups in total. The molecule has 0 aromatic heterocycles. The van der Waals surface area contributed by atoms with E-state index in [1.165, 1.54) is 0 Å². The summed E-state index contributed by atoms with van der Waals surface area (Å²) in [7, 11) is 0. The molecule has 0 fully saturated rings. The SMILES string of the molecule is CCCCc1ccc(C(=O)N[C@@H](CCCCNC(=O)CN)C(=O)O)cc1. The zero-order valence-corrected chi connectivity index (χ0v) is 15.3. The highest BCUT2D eigenvalue weighted by molar-refractivity contribution is 5.96. The van der Waals surface area contributed by atoms with Gasteiger partial charge in [0.2, 0.25) is 5.91 Å². The van der Waals surface area contributed by atoms with Gasteiger partial charge < -0.3 is 21.5 Å². The van der Waals surface area contributed by atoms with Gasteiger partial charge in [0.1, 0.15) is 6.04 Å². The number of aliphatic carboxylic acids is 1. The highest BCUT2D eigenvalue weighted by Gasteiger charge is 2.20. The molecule has 1 aromatic carbocycles. The van der Waals surface area contributed by atoms with Crippen LogP contribution in [0, 0.1) is 0 Å². The lowest BCUT2D eigenvalue weighted by Gasteiger charge is -2.15. The van der Waals surface area contributed by atoms with E-state index in [2.05, 4.69) is 17.6 Å². The van der Waals surface area contributed by atoms with Crippen molar-refractivity contribution in [2.24, 2.45) is 5.73 Å². The number of unbranched alkanes of at least 4 members (excludes halogenated alkanes) is 2. The molecule has 0 saturated carbocycles. The van der Waals surface area contributed by atoms with Crippen LogP contribution in [0.4, 0.5) is 0 Å². The largest absolute Gasteiger partial charge is 0.480 e. The summed E-state index contributed by atoms with van der Waals surface area (Å²) >= 11 is 0. The monoisotopic (exact) mass is 363 g/mol. The number of carbonyl (C=O) groups is 3. The number of hydrogen-bond donors (Lipinski definition) is 4. The maximum absolute atomic E-state index is 12.3. The van der Waals surface area contributed by atoms with Gasteiger partial charge in [-0.3, -0.25) is 9.59 Å². The van der Waals surface area contributed by atoms with Gasteiger partial charge in [-0.1, -0.05) is 25.5 Å². The third kappa shape index (κ3) is 8.11. The van der Waals surface area contributed by atoms with Crippen LogP contribution in [0.25, 0.3) is 0 Å². The fourth-order valence-corrected chi connectivity index (χ4v) is 2.48. The number of hydrogen-bond acceptors (Lipinski definition) is 4. The van der Waals surface area contributed by atoms with E-state index in [4.69, 9.17) is 5.73 Å². The summed E-state index contributed by atoms with van der Waals surface area (Å²) in [4.78, 5) is 34.6.